The van der Waals surface area contributed by atoms with Crippen LogP contribution in [-0.4, -0.2) is 45.8 Å². The third-order valence-electron chi connectivity index (χ3n) is 7.09. The van der Waals surface area contributed by atoms with Crippen LogP contribution in [0.4, 0.5) is 11.5 Å². The molecule has 0 radical (unpaired) electrons. The number of carbonyl (C=O) groups is 2. The molecule has 2 heterocycles. The van der Waals surface area contributed by atoms with Crippen LogP contribution in [0, 0.1) is 16.0 Å². The molecule has 0 bridgehead atoms. The number of nitro benzene ring substituents is 1. The summed E-state index contributed by atoms with van der Waals surface area (Å²) in [4.78, 5) is 42.9. The molecule has 202 valence electrons. The smallest absolute Gasteiger partial charge is 0.277 e. The van der Waals surface area contributed by atoms with Gasteiger partial charge in [-0.05, 0) is 67.6 Å². The molecule has 1 saturated heterocycles. The minimum Gasteiger partial charge on any atom is -0.349 e. The molecule has 1 aromatic heterocycles. The number of rotatable bonds is 8. The fourth-order valence-corrected chi connectivity index (χ4v) is 5.24. The Labute approximate surface area is 235 Å². The van der Waals surface area contributed by atoms with E-state index in [2.05, 4.69) is 20.5 Å². The summed E-state index contributed by atoms with van der Waals surface area (Å²) in [7, 11) is 0. The lowest BCUT2D eigenvalue weighted by Gasteiger charge is -2.32. The van der Waals surface area contributed by atoms with Gasteiger partial charge in [0.05, 0.1) is 10.5 Å². The minimum atomic E-state index is -0.507. The van der Waals surface area contributed by atoms with Crippen molar-refractivity contribution in [1.29, 1.82) is 0 Å². The summed E-state index contributed by atoms with van der Waals surface area (Å²) in [5.74, 6) is -0.108. The molecule has 2 amide bonds. The maximum Gasteiger partial charge on any atom is 0.277 e. The predicted octanol–water partition coefficient (Wildman–Crippen LogP) is 5.71. The molecule has 2 N–H and O–H groups in total. The zero-order chi connectivity index (χ0) is 27.5. The number of likely N-dealkylation sites (tertiary alicyclic amines) is 1. The van der Waals surface area contributed by atoms with Gasteiger partial charge in [-0.2, -0.15) is 0 Å². The van der Waals surface area contributed by atoms with Gasteiger partial charge in [0, 0.05) is 65.0 Å². The van der Waals surface area contributed by atoms with E-state index in [9.17, 15) is 19.7 Å². The normalized spacial score (nSPS) is 16.1. The van der Waals surface area contributed by atoms with Crippen LogP contribution in [0.3, 0.4) is 0 Å². The molecular weight excluding hydrogens is 541 g/mol. The monoisotopic (exact) mass is 567 g/mol. The van der Waals surface area contributed by atoms with Crippen molar-refractivity contribution < 1.29 is 14.5 Å². The highest BCUT2D eigenvalue weighted by molar-refractivity contribution is 6.35. The second kappa shape index (κ2) is 11.7. The highest BCUT2D eigenvalue weighted by Gasteiger charge is 2.30. The topological polar surface area (TPSA) is 117 Å². The summed E-state index contributed by atoms with van der Waals surface area (Å²) in [5, 5.41) is 19.0. The SMILES string of the molecule is O=C(NC1CCN(Cc2c(Cl)cccc2Cl)CC1)c1ccc(-c2ccnc(NC(=O)C3CC3)c2)c([N+](=O)[O-])c1. The van der Waals surface area contributed by atoms with Crippen molar-refractivity contribution in [3.63, 3.8) is 0 Å². The zero-order valence-corrected chi connectivity index (χ0v) is 22.5. The van der Waals surface area contributed by atoms with Crippen molar-refractivity contribution in [2.24, 2.45) is 5.92 Å². The standard InChI is InChI=1S/C28H27Cl2N5O4/c29-23-2-1-3-24(30)22(23)16-34-12-9-20(10-13-34)32-28(37)19-6-7-21(25(14-19)35(38)39)18-8-11-31-26(15-18)33-27(36)17-4-5-17/h1-3,6-8,11,14-15,17,20H,4-5,9-10,12-13,16H2,(H,32,37)(H,31,33,36). The molecule has 11 heteroatoms. The molecule has 39 heavy (non-hydrogen) atoms. The first-order valence-electron chi connectivity index (χ1n) is 12.8. The summed E-state index contributed by atoms with van der Waals surface area (Å²) < 4.78 is 0. The lowest BCUT2D eigenvalue weighted by atomic mass is 10.0. The van der Waals surface area contributed by atoms with Gasteiger partial charge in [0.25, 0.3) is 11.6 Å². The fraction of sp³-hybridized carbons (Fsp3) is 0.321. The third-order valence-corrected chi connectivity index (χ3v) is 7.80. The van der Waals surface area contributed by atoms with Crippen molar-refractivity contribution in [2.75, 3.05) is 18.4 Å². The number of anilines is 1. The second-order valence-corrected chi connectivity index (χ2v) is 10.7. The number of aromatic nitrogens is 1. The van der Waals surface area contributed by atoms with Crippen molar-refractivity contribution in [3.8, 4) is 11.1 Å². The van der Waals surface area contributed by atoms with E-state index in [0.717, 1.165) is 44.3 Å². The van der Waals surface area contributed by atoms with E-state index in [1.54, 1.807) is 24.3 Å². The maximum atomic E-state index is 13.0. The first kappa shape index (κ1) is 27.1. The van der Waals surface area contributed by atoms with Gasteiger partial charge in [-0.15, -0.1) is 0 Å². The molecule has 2 fully saturated rings. The molecule has 2 aromatic carbocycles. The highest BCUT2D eigenvalue weighted by Crippen LogP contribution is 2.33. The third kappa shape index (κ3) is 6.55. The Hall–Kier alpha value is -3.53. The van der Waals surface area contributed by atoms with Crippen LogP contribution in [0.15, 0.2) is 54.7 Å². The first-order valence-corrected chi connectivity index (χ1v) is 13.6. The van der Waals surface area contributed by atoms with Crippen LogP contribution in [0.5, 0.6) is 0 Å². The van der Waals surface area contributed by atoms with E-state index >= 15 is 0 Å². The van der Waals surface area contributed by atoms with Crippen LogP contribution >= 0.6 is 23.2 Å². The molecule has 1 saturated carbocycles. The molecule has 1 aliphatic carbocycles. The van der Waals surface area contributed by atoms with E-state index in [0.29, 0.717) is 33.5 Å². The van der Waals surface area contributed by atoms with Gasteiger partial charge in [-0.25, -0.2) is 4.98 Å². The number of halogens is 2. The van der Waals surface area contributed by atoms with Gasteiger partial charge in [0.1, 0.15) is 5.82 Å². The van der Waals surface area contributed by atoms with E-state index in [1.807, 2.05) is 18.2 Å². The summed E-state index contributed by atoms with van der Waals surface area (Å²) >= 11 is 12.6. The number of hydrogen-bond acceptors (Lipinski definition) is 6. The molecule has 9 nitrogen and oxygen atoms in total. The van der Waals surface area contributed by atoms with E-state index in [1.165, 1.54) is 12.3 Å². The second-order valence-electron chi connectivity index (χ2n) is 9.91. The molecule has 2 aliphatic rings. The largest absolute Gasteiger partial charge is 0.349 e. The van der Waals surface area contributed by atoms with E-state index < -0.39 is 4.92 Å². The summed E-state index contributed by atoms with van der Waals surface area (Å²) in [5.41, 5.74) is 1.78. The lowest BCUT2D eigenvalue weighted by molar-refractivity contribution is -0.384. The van der Waals surface area contributed by atoms with Crippen molar-refractivity contribution in [3.05, 3.63) is 86.0 Å². The van der Waals surface area contributed by atoms with Crippen LogP contribution in [0.1, 0.15) is 41.6 Å². The Balaban J connectivity index is 1.23. The van der Waals surface area contributed by atoms with Gasteiger partial charge < -0.3 is 10.6 Å². The number of benzene rings is 2. The van der Waals surface area contributed by atoms with E-state index in [4.69, 9.17) is 23.2 Å². The average molecular weight is 568 g/mol. The number of piperidine rings is 1. The Kier molecular flexibility index (Phi) is 8.11. The van der Waals surface area contributed by atoms with Crippen LogP contribution in [-0.2, 0) is 11.3 Å². The maximum absolute atomic E-state index is 13.0. The molecule has 1 aliphatic heterocycles. The van der Waals surface area contributed by atoms with Gasteiger partial charge in [0.2, 0.25) is 5.91 Å². The molecular formula is C28H27Cl2N5O4. The number of nitrogens with zero attached hydrogens (tertiary/aromatic N) is 3. The zero-order valence-electron chi connectivity index (χ0n) is 21.0. The molecule has 0 unspecified atom stereocenters. The molecule has 3 aromatic rings. The number of pyridine rings is 1. The number of nitrogens with one attached hydrogen (secondary N) is 2. The van der Waals surface area contributed by atoms with Gasteiger partial charge >= 0.3 is 0 Å². The van der Waals surface area contributed by atoms with Crippen LogP contribution in [0.2, 0.25) is 10.0 Å². The first-order chi connectivity index (χ1) is 18.8. The Morgan fingerprint density at radius 1 is 1.03 bits per heavy atom. The quantitative estimate of drug-likeness (QED) is 0.266. The predicted molar refractivity (Wildman–Crippen MR) is 150 cm³/mol. The van der Waals surface area contributed by atoms with Crippen LogP contribution < -0.4 is 10.6 Å². The number of nitro groups is 1. The highest BCUT2D eigenvalue weighted by atomic mass is 35.5. The van der Waals surface area contributed by atoms with Crippen molar-refractivity contribution >= 4 is 46.5 Å². The summed E-state index contributed by atoms with van der Waals surface area (Å²) in [6.45, 7) is 2.15. The number of amides is 2. The Bertz CT molecular complexity index is 1400. The minimum absolute atomic E-state index is 0.00989. The van der Waals surface area contributed by atoms with E-state index in [-0.39, 0.29) is 35.0 Å². The van der Waals surface area contributed by atoms with Gasteiger partial charge in [-0.3, -0.25) is 24.6 Å². The number of hydrogen-bond donors (Lipinski definition) is 2. The fourth-order valence-electron chi connectivity index (χ4n) is 4.72. The van der Waals surface area contributed by atoms with Crippen molar-refractivity contribution in [2.45, 2.75) is 38.3 Å². The summed E-state index contributed by atoms with van der Waals surface area (Å²) in [6, 6.07) is 13.1. The van der Waals surface area contributed by atoms with Crippen molar-refractivity contribution in [1.82, 2.24) is 15.2 Å². The molecule has 0 atom stereocenters. The Morgan fingerprint density at radius 2 is 1.74 bits per heavy atom. The average Bonchev–Trinajstić information content (AvgIpc) is 3.77. The lowest BCUT2D eigenvalue weighted by Crippen LogP contribution is -2.44. The molecule has 0 spiro atoms. The van der Waals surface area contributed by atoms with Gasteiger partial charge in [0.15, 0.2) is 0 Å². The summed E-state index contributed by atoms with van der Waals surface area (Å²) in [6.07, 6.45) is 4.68. The van der Waals surface area contributed by atoms with Crippen LogP contribution in [0.25, 0.3) is 11.1 Å². The Morgan fingerprint density at radius 3 is 2.41 bits per heavy atom. The van der Waals surface area contributed by atoms with Gasteiger partial charge in [-0.1, -0.05) is 29.3 Å². The molecule has 5 rings (SSSR count). The number of carbonyl (C=O) groups excluding carboxylic acids is 2.